The van der Waals surface area contributed by atoms with Gasteiger partial charge in [-0.1, -0.05) is 49.7 Å². The number of ether oxygens (including phenoxy) is 4. The Morgan fingerprint density at radius 1 is 0.947 bits per heavy atom. The minimum Gasteiger partial charge on any atom is -0.490 e. The fourth-order valence-corrected chi connectivity index (χ4v) is 6.44. The molecule has 8 atom stereocenters. The van der Waals surface area contributed by atoms with E-state index in [0.717, 1.165) is 40.7 Å². The Hall–Kier alpha value is -2.57. The number of benzene rings is 2. The van der Waals surface area contributed by atoms with Crippen LogP contribution >= 0.6 is 11.6 Å². The highest BCUT2D eigenvalue weighted by Gasteiger charge is 2.48. The minimum atomic E-state index is -0.763. The molecule has 0 N–H and O–H groups in total. The molecular formula is C31H37ClO6. The first-order valence-corrected chi connectivity index (χ1v) is 14.1. The molecule has 6 nitrogen and oxygen atoms in total. The molecule has 7 heteroatoms. The van der Waals surface area contributed by atoms with E-state index in [0.29, 0.717) is 17.5 Å². The Morgan fingerprint density at radius 3 is 2.24 bits per heavy atom. The zero-order chi connectivity index (χ0) is 27.0. The van der Waals surface area contributed by atoms with E-state index in [2.05, 4.69) is 12.1 Å². The van der Waals surface area contributed by atoms with Crippen LogP contribution in [-0.4, -0.2) is 36.4 Å². The summed E-state index contributed by atoms with van der Waals surface area (Å²) in [6.07, 6.45) is 3.34. The Labute approximate surface area is 229 Å². The Morgan fingerprint density at radius 2 is 1.61 bits per heavy atom. The van der Waals surface area contributed by atoms with Crippen LogP contribution in [0.2, 0.25) is 5.02 Å². The fraction of sp³-hybridized carbons (Fsp3) is 0.548. The molecule has 0 bridgehead atoms. The van der Waals surface area contributed by atoms with Crippen LogP contribution in [-0.2, 0) is 30.2 Å². The number of fused-ring (bicyclic) bond motifs is 1. The second-order valence-corrected chi connectivity index (χ2v) is 11.6. The summed E-state index contributed by atoms with van der Waals surface area (Å²) >= 11 is 6.62. The summed E-state index contributed by atoms with van der Waals surface area (Å²) in [5.74, 6) is 1.70. The second kappa shape index (κ2) is 11.3. The molecule has 2 aromatic carbocycles. The lowest BCUT2D eigenvalue weighted by molar-refractivity contribution is -0.225. The largest absolute Gasteiger partial charge is 0.490 e. The van der Waals surface area contributed by atoms with Crippen molar-refractivity contribution in [1.29, 1.82) is 0 Å². The smallest absolute Gasteiger partial charge is 0.303 e. The molecule has 38 heavy (non-hydrogen) atoms. The van der Waals surface area contributed by atoms with Crippen LogP contribution < -0.4 is 4.74 Å². The van der Waals surface area contributed by atoms with Gasteiger partial charge in [0, 0.05) is 24.8 Å². The van der Waals surface area contributed by atoms with Crippen LogP contribution in [0.1, 0.15) is 76.2 Å². The van der Waals surface area contributed by atoms with Crippen LogP contribution in [0.25, 0.3) is 0 Å². The Kier molecular flexibility index (Phi) is 8.01. The molecule has 2 aliphatic carbocycles. The molecule has 2 saturated carbocycles. The van der Waals surface area contributed by atoms with Crippen molar-refractivity contribution in [2.45, 2.75) is 90.3 Å². The summed E-state index contributed by atoms with van der Waals surface area (Å²) in [5.41, 5.74) is 2.89. The van der Waals surface area contributed by atoms with Crippen molar-refractivity contribution in [2.75, 3.05) is 0 Å². The average Bonchev–Trinajstić information content (AvgIpc) is 3.49. The molecule has 0 unspecified atom stereocenters. The summed E-state index contributed by atoms with van der Waals surface area (Å²) in [6, 6.07) is 14.0. The molecule has 3 fully saturated rings. The van der Waals surface area contributed by atoms with Gasteiger partial charge in [0.05, 0.1) is 12.2 Å². The van der Waals surface area contributed by atoms with Crippen molar-refractivity contribution < 1.29 is 28.5 Å². The summed E-state index contributed by atoms with van der Waals surface area (Å²) in [5, 5.41) is 0.649. The van der Waals surface area contributed by atoms with Gasteiger partial charge in [0.25, 0.3) is 0 Å². The van der Waals surface area contributed by atoms with Gasteiger partial charge in [0.15, 0.2) is 6.10 Å². The molecule has 1 aliphatic heterocycles. The number of esters is 2. The minimum absolute atomic E-state index is 0.132. The molecule has 0 aromatic heterocycles. The summed E-state index contributed by atoms with van der Waals surface area (Å²) in [6.45, 7) is 6.72. The standard InChI is InChI=1S/C31H37ClO6/c1-5-28-17(2)29(35-18(3)33)31(36-19(4)34)30(38-28)21-8-11-27(32)24(13-21)12-20-6-9-25(10-7-20)37-26-15-22-14-23(22)16-26/h6-11,13,17,22-23,26,28-31H,5,12,14-16H2,1-4H3/t17-,22-,23+,26-,28-,29+,30-,31-/m1/s1. The number of hydrogen-bond acceptors (Lipinski definition) is 6. The number of carbonyl (C=O) groups is 2. The molecule has 3 aliphatic rings. The highest BCUT2D eigenvalue weighted by atomic mass is 35.5. The molecule has 2 aromatic rings. The maximum Gasteiger partial charge on any atom is 0.303 e. The average molecular weight is 541 g/mol. The summed E-state index contributed by atoms with van der Waals surface area (Å²) in [7, 11) is 0. The zero-order valence-corrected chi connectivity index (χ0v) is 23.3. The van der Waals surface area contributed by atoms with E-state index in [-0.39, 0.29) is 12.0 Å². The topological polar surface area (TPSA) is 71.1 Å². The molecule has 0 spiro atoms. The van der Waals surface area contributed by atoms with Gasteiger partial charge in [-0.05, 0) is 78.8 Å². The van der Waals surface area contributed by atoms with Gasteiger partial charge in [-0.25, -0.2) is 0 Å². The van der Waals surface area contributed by atoms with E-state index >= 15 is 0 Å². The number of halogens is 1. The van der Waals surface area contributed by atoms with Gasteiger partial charge in [-0.2, -0.15) is 0 Å². The lowest BCUT2D eigenvalue weighted by atomic mass is 9.84. The Bertz CT molecular complexity index is 1150. The van der Waals surface area contributed by atoms with Gasteiger partial charge in [-0.3, -0.25) is 9.59 Å². The first-order chi connectivity index (χ1) is 18.2. The molecule has 204 valence electrons. The molecule has 1 saturated heterocycles. The van der Waals surface area contributed by atoms with Crippen molar-refractivity contribution in [3.05, 3.63) is 64.2 Å². The van der Waals surface area contributed by atoms with Gasteiger partial charge >= 0.3 is 11.9 Å². The van der Waals surface area contributed by atoms with Crippen molar-refractivity contribution in [3.8, 4) is 5.75 Å². The molecule has 0 radical (unpaired) electrons. The van der Waals surface area contributed by atoms with Crippen molar-refractivity contribution in [3.63, 3.8) is 0 Å². The normalized spacial score (nSPS) is 31.8. The van der Waals surface area contributed by atoms with Crippen molar-refractivity contribution in [1.82, 2.24) is 0 Å². The SMILES string of the molecule is CC[C@H]1O[C@H](c2ccc(Cl)c(Cc3ccc(O[C@H]4C[C@@H]5C[C@@H]5C4)cc3)c2)[C@H](OC(C)=O)[C@@H](OC(C)=O)[C@@H]1C. The van der Waals surface area contributed by atoms with E-state index in [1.807, 2.05) is 44.2 Å². The van der Waals surface area contributed by atoms with E-state index < -0.39 is 30.3 Å². The van der Waals surface area contributed by atoms with Gasteiger partial charge in [-0.15, -0.1) is 0 Å². The van der Waals surface area contributed by atoms with Crippen molar-refractivity contribution >= 4 is 23.5 Å². The van der Waals surface area contributed by atoms with Gasteiger partial charge in [0.2, 0.25) is 0 Å². The molecule has 0 amide bonds. The summed E-state index contributed by atoms with van der Waals surface area (Å²) < 4.78 is 24.1. The maximum absolute atomic E-state index is 12.0. The fourth-order valence-electron chi connectivity index (χ4n) is 6.26. The predicted octanol–water partition coefficient (Wildman–Crippen LogP) is 6.46. The molecule has 1 heterocycles. The third-order valence-corrected chi connectivity index (χ3v) is 8.64. The third-order valence-electron chi connectivity index (χ3n) is 8.27. The molecule has 5 rings (SSSR count). The van der Waals surface area contributed by atoms with Crippen LogP contribution in [0.4, 0.5) is 0 Å². The van der Waals surface area contributed by atoms with Crippen molar-refractivity contribution in [2.24, 2.45) is 17.8 Å². The molecular weight excluding hydrogens is 504 g/mol. The van der Waals surface area contributed by atoms with E-state index in [9.17, 15) is 9.59 Å². The monoisotopic (exact) mass is 540 g/mol. The second-order valence-electron chi connectivity index (χ2n) is 11.1. The lowest BCUT2D eigenvalue weighted by Gasteiger charge is -2.44. The highest BCUT2D eigenvalue weighted by molar-refractivity contribution is 6.31. The first kappa shape index (κ1) is 27.0. The van der Waals surface area contributed by atoms with Gasteiger partial charge < -0.3 is 18.9 Å². The number of carbonyl (C=O) groups excluding carboxylic acids is 2. The van der Waals surface area contributed by atoms with E-state index in [1.165, 1.54) is 33.1 Å². The number of rotatable bonds is 8. The van der Waals surface area contributed by atoms with Crippen LogP contribution in [0, 0.1) is 17.8 Å². The maximum atomic E-state index is 12.0. The zero-order valence-electron chi connectivity index (χ0n) is 22.5. The first-order valence-electron chi connectivity index (χ1n) is 13.8. The number of hydrogen-bond donors (Lipinski definition) is 0. The third kappa shape index (κ3) is 6.02. The van der Waals surface area contributed by atoms with E-state index in [4.69, 9.17) is 30.5 Å². The quantitative estimate of drug-likeness (QED) is 0.358. The van der Waals surface area contributed by atoms with Crippen LogP contribution in [0.5, 0.6) is 5.75 Å². The summed E-state index contributed by atoms with van der Waals surface area (Å²) in [4.78, 5) is 24.0. The van der Waals surface area contributed by atoms with Gasteiger partial charge in [0.1, 0.15) is 18.0 Å². The lowest BCUT2D eigenvalue weighted by Crippen LogP contribution is -2.52. The van der Waals surface area contributed by atoms with Crippen LogP contribution in [0.3, 0.4) is 0 Å². The van der Waals surface area contributed by atoms with E-state index in [1.54, 1.807) is 0 Å². The Balaban J connectivity index is 1.35. The van der Waals surface area contributed by atoms with Crippen LogP contribution in [0.15, 0.2) is 42.5 Å². The highest BCUT2D eigenvalue weighted by Crippen LogP contribution is 2.52. The predicted molar refractivity (Wildman–Crippen MR) is 144 cm³/mol.